The molecule has 0 bridgehead atoms. The molecule has 1 heterocycles. The van der Waals surface area contributed by atoms with Gasteiger partial charge >= 0.3 is 0 Å². The van der Waals surface area contributed by atoms with Gasteiger partial charge in [-0.05, 0) is 18.1 Å². The molecule has 0 radical (unpaired) electrons. The van der Waals surface area contributed by atoms with Gasteiger partial charge in [-0.25, -0.2) is 0 Å². The third-order valence-corrected chi connectivity index (χ3v) is 2.39. The molecule has 0 saturated carbocycles. The van der Waals surface area contributed by atoms with Gasteiger partial charge in [-0.15, -0.1) is 0 Å². The molecular weight excluding hydrogens is 190 g/mol. The molecule has 15 heavy (non-hydrogen) atoms. The van der Waals surface area contributed by atoms with Crippen molar-refractivity contribution in [2.75, 3.05) is 11.9 Å². The van der Waals surface area contributed by atoms with Crippen LogP contribution in [0.4, 0.5) is 5.69 Å². The Kier molecular flexibility index (Phi) is 4.52. The van der Waals surface area contributed by atoms with E-state index in [0.29, 0.717) is 12.5 Å². The lowest BCUT2D eigenvalue weighted by molar-refractivity contribution is 0.249. The zero-order valence-corrected chi connectivity index (χ0v) is 9.27. The van der Waals surface area contributed by atoms with Gasteiger partial charge in [0, 0.05) is 6.54 Å². The zero-order valence-electron chi connectivity index (χ0n) is 9.27. The summed E-state index contributed by atoms with van der Waals surface area (Å²) < 4.78 is 0. The fourth-order valence-electron chi connectivity index (χ4n) is 1.27. The van der Waals surface area contributed by atoms with Gasteiger partial charge in [0.05, 0.1) is 30.2 Å². The first-order valence-electron chi connectivity index (χ1n) is 5.19. The third-order valence-electron chi connectivity index (χ3n) is 2.39. The topological polar surface area (TPSA) is 71.2 Å². The number of anilines is 1. The van der Waals surface area contributed by atoms with E-state index in [0.717, 1.165) is 11.4 Å². The molecule has 1 aromatic heterocycles. The highest BCUT2D eigenvalue weighted by molar-refractivity contribution is 5.42. The summed E-state index contributed by atoms with van der Waals surface area (Å²) in [5.74, 6) is 0.379. The number of aromatic nitrogens is 1. The zero-order chi connectivity index (χ0) is 11.3. The van der Waals surface area contributed by atoms with Gasteiger partial charge in [-0.3, -0.25) is 4.98 Å². The highest BCUT2D eigenvalue weighted by Crippen LogP contribution is 2.11. The van der Waals surface area contributed by atoms with Crippen LogP contribution in [-0.2, 0) is 6.54 Å². The molecule has 1 rings (SSSR count). The average Bonchev–Trinajstić information content (AvgIpc) is 2.26. The quantitative estimate of drug-likeness (QED) is 0.675. The predicted molar refractivity (Wildman–Crippen MR) is 61.5 cm³/mol. The first-order valence-corrected chi connectivity index (χ1v) is 5.19. The van der Waals surface area contributed by atoms with Crippen molar-refractivity contribution in [1.82, 2.24) is 4.98 Å². The molecule has 0 spiro atoms. The minimum atomic E-state index is 0.0653. The highest BCUT2D eigenvalue weighted by atomic mass is 16.3. The van der Waals surface area contributed by atoms with Crippen LogP contribution < -0.4 is 11.1 Å². The number of nitrogens with zero attached hydrogens (tertiary/aromatic N) is 1. The van der Waals surface area contributed by atoms with Gasteiger partial charge in [0.2, 0.25) is 0 Å². The second kappa shape index (κ2) is 5.68. The van der Waals surface area contributed by atoms with E-state index in [1.165, 1.54) is 0 Å². The largest absolute Gasteiger partial charge is 0.394 e. The molecule has 4 nitrogen and oxygen atoms in total. The summed E-state index contributed by atoms with van der Waals surface area (Å²) >= 11 is 0. The van der Waals surface area contributed by atoms with Gasteiger partial charge in [-0.2, -0.15) is 0 Å². The SMILES string of the molecule is CC(C)[C@@H](CO)Nc1ccc(CN)nc1. The summed E-state index contributed by atoms with van der Waals surface area (Å²) in [6, 6.07) is 3.88. The minimum absolute atomic E-state index is 0.0653. The molecule has 1 atom stereocenters. The number of pyridine rings is 1. The predicted octanol–water partition coefficient (Wildman–Crippen LogP) is 0.969. The number of aliphatic hydroxyl groups excluding tert-OH is 1. The standard InChI is InChI=1S/C11H19N3O/c1-8(2)11(7-15)14-10-4-3-9(5-12)13-6-10/h3-4,6,8,11,14-15H,5,7,12H2,1-2H3/t11-/m1/s1. The molecular formula is C11H19N3O. The van der Waals surface area contributed by atoms with Crippen LogP contribution in [0.15, 0.2) is 18.3 Å². The summed E-state index contributed by atoms with van der Waals surface area (Å²) in [5.41, 5.74) is 7.24. The van der Waals surface area contributed by atoms with Crippen LogP contribution in [0.5, 0.6) is 0 Å². The van der Waals surface area contributed by atoms with Crippen LogP contribution in [0.3, 0.4) is 0 Å². The number of hydrogen-bond acceptors (Lipinski definition) is 4. The molecule has 0 aliphatic rings. The Balaban J connectivity index is 2.63. The molecule has 0 aromatic carbocycles. The van der Waals surface area contributed by atoms with Gasteiger partial charge in [0.15, 0.2) is 0 Å². The van der Waals surface area contributed by atoms with E-state index < -0.39 is 0 Å². The lowest BCUT2D eigenvalue weighted by Crippen LogP contribution is -2.29. The molecule has 0 aliphatic heterocycles. The highest BCUT2D eigenvalue weighted by Gasteiger charge is 2.11. The van der Waals surface area contributed by atoms with Crippen LogP contribution in [0.1, 0.15) is 19.5 Å². The monoisotopic (exact) mass is 209 g/mol. The van der Waals surface area contributed by atoms with Crippen LogP contribution in [0, 0.1) is 5.92 Å². The fraction of sp³-hybridized carbons (Fsp3) is 0.545. The summed E-state index contributed by atoms with van der Waals surface area (Å²) in [4.78, 5) is 4.17. The Labute approximate surface area is 90.5 Å². The summed E-state index contributed by atoms with van der Waals surface area (Å²) in [5, 5.41) is 12.4. The number of aliphatic hydroxyl groups is 1. The normalized spacial score (nSPS) is 12.9. The van der Waals surface area contributed by atoms with E-state index in [4.69, 9.17) is 10.8 Å². The van der Waals surface area contributed by atoms with Crippen molar-refractivity contribution in [3.63, 3.8) is 0 Å². The van der Waals surface area contributed by atoms with E-state index in [1.807, 2.05) is 12.1 Å². The lowest BCUT2D eigenvalue weighted by atomic mass is 10.1. The first-order chi connectivity index (χ1) is 7.17. The number of rotatable bonds is 5. The Bertz CT molecular complexity index is 284. The van der Waals surface area contributed by atoms with E-state index in [-0.39, 0.29) is 12.6 Å². The maximum atomic E-state index is 9.16. The average molecular weight is 209 g/mol. The molecule has 0 aliphatic carbocycles. The Morgan fingerprint density at radius 3 is 2.60 bits per heavy atom. The molecule has 0 amide bonds. The Hall–Kier alpha value is -1.13. The second-order valence-corrected chi connectivity index (χ2v) is 3.92. The second-order valence-electron chi connectivity index (χ2n) is 3.92. The van der Waals surface area contributed by atoms with E-state index in [1.54, 1.807) is 6.20 Å². The summed E-state index contributed by atoms with van der Waals surface area (Å²) in [6.07, 6.45) is 1.74. The van der Waals surface area contributed by atoms with Crippen molar-refractivity contribution in [3.05, 3.63) is 24.0 Å². The number of nitrogens with two attached hydrogens (primary N) is 1. The van der Waals surface area contributed by atoms with Crippen molar-refractivity contribution in [1.29, 1.82) is 0 Å². The maximum absolute atomic E-state index is 9.16. The number of hydrogen-bond donors (Lipinski definition) is 3. The van der Waals surface area contributed by atoms with Crippen LogP contribution in [0.2, 0.25) is 0 Å². The molecule has 4 N–H and O–H groups in total. The van der Waals surface area contributed by atoms with Gasteiger partial charge in [0.1, 0.15) is 0 Å². The summed E-state index contributed by atoms with van der Waals surface area (Å²) in [6.45, 7) is 4.70. The minimum Gasteiger partial charge on any atom is -0.394 e. The fourth-order valence-corrected chi connectivity index (χ4v) is 1.27. The van der Waals surface area contributed by atoms with Gasteiger partial charge in [0.25, 0.3) is 0 Å². The Morgan fingerprint density at radius 2 is 2.20 bits per heavy atom. The van der Waals surface area contributed by atoms with Gasteiger partial charge in [-0.1, -0.05) is 13.8 Å². The van der Waals surface area contributed by atoms with Crippen LogP contribution in [0.25, 0.3) is 0 Å². The van der Waals surface area contributed by atoms with Crippen LogP contribution >= 0.6 is 0 Å². The molecule has 0 fully saturated rings. The maximum Gasteiger partial charge on any atom is 0.0635 e. The first kappa shape index (κ1) is 11.9. The van der Waals surface area contributed by atoms with E-state index >= 15 is 0 Å². The smallest absolute Gasteiger partial charge is 0.0635 e. The van der Waals surface area contributed by atoms with Crippen molar-refractivity contribution in [2.24, 2.45) is 11.7 Å². The van der Waals surface area contributed by atoms with Crippen LogP contribution in [-0.4, -0.2) is 22.7 Å². The number of nitrogens with one attached hydrogen (secondary N) is 1. The molecule has 84 valence electrons. The third kappa shape index (κ3) is 3.49. The Morgan fingerprint density at radius 1 is 1.47 bits per heavy atom. The van der Waals surface area contributed by atoms with Gasteiger partial charge < -0.3 is 16.2 Å². The van der Waals surface area contributed by atoms with Crippen molar-refractivity contribution in [3.8, 4) is 0 Å². The molecule has 1 aromatic rings. The summed E-state index contributed by atoms with van der Waals surface area (Å²) in [7, 11) is 0. The molecule has 0 unspecified atom stereocenters. The lowest BCUT2D eigenvalue weighted by Gasteiger charge is -2.20. The van der Waals surface area contributed by atoms with Crippen molar-refractivity contribution < 1.29 is 5.11 Å². The van der Waals surface area contributed by atoms with E-state index in [9.17, 15) is 0 Å². The molecule has 0 saturated heterocycles. The van der Waals surface area contributed by atoms with E-state index in [2.05, 4.69) is 24.1 Å². The van der Waals surface area contributed by atoms with Crippen molar-refractivity contribution in [2.45, 2.75) is 26.4 Å². The van der Waals surface area contributed by atoms with Crippen molar-refractivity contribution >= 4 is 5.69 Å². The molecule has 4 heteroatoms.